The Morgan fingerprint density at radius 2 is 2.17 bits per heavy atom. The first-order valence-electron chi connectivity index (χ1n) is 5.76. The minimum atomic E-state index is 0.712. The van der Waals surface area contributed by atoms with Gasteiger partial charge in [-0.3, -0.25) is 4.90 Å². The van der Waals surface area contributed by atoms with E-state index < -0.39 is 0 Å². The first-order valence-corrected chi connectivity index (χ1v) is 5.76. The molecule has 6 nitrogen and oxygen atoms in total. The second-order valence-electron chi connectivity index (χ2n) is 4.28. The van der Waals surface area contributed by atoms with Crippen molar-refractivity contribution >= 4 is 5.82 Å². The van der Waals surface area contributed by atoms with Crippen LogP contribution in [-0.2, 0) is 20.1 Å². The van der Waals surface area contributed by atoms with Gasteiger partial charge in [0.1, 0.15) is 11.6 Å². The summed E-state index contributed by atoms with van der Waals surface area (Å²) in [6.07, 6.45) is 5.47. The van der Waals surface area contributed by atoms with Gasteiger partial charge in [0, 0.05) is 37.7 Å². The maximum atomic E-state index is 5.44. The molecule has 2 aromatic heterocycles. The zero-order valence-corrected chi connectivity index (χ0v) is 10.7. The van der Waals surface area contributed by atoms with E-state index in [1.165, 1.54) is 0 Å². The highest BCUT2D eigenvalue weighted by Gasteiger charge is 2.08. The molecule has 2 heterocycles. The second-order valence-corrected chi connectivity index (χ2v) is 4.28. The van der Waals surface area contributed by atoms with Crippen molar-refractivity contribution in [2.24, 2.45) is 12.9 Å². The molecule has 0 saturated heterocycles. The number of pyridine rings is 1. The molecular formula is C12H18N6. The molecule has 0 aliphatic heterocycles. The number of nitrogens with two attached hydrogens (primary N) is 1. The molecule has 18 heavy (non-hydrogen) atoms. The van der Waals surface area contributed by atoms with E-state index in [1.54, 1.807) is 12.4 Å². The van der Waals surface area contributed by atoms with Crippen molar-refractivity contribution in [3.8, 4) is 0 Å². The number of hydrogen-bond donors (Lipinski definition) is 2. The number of nitrogen functional groups attached to an aromatic ring is 1. The van der Waals surface area contributed by atoms with E-state index in [1.807, 2.05) is 37.0 Å². The summed E-state index contributed by atoms with van der Waals surface area (Å²) >= 11 is 0. The van der Waals surface area contributed by atoms with Crippen LogP contribution in [0.5, 0.6) is 0 Å². The van der Waals surface area contributed by atoms with E-state index >= 15 is 0 Å². The highest BCUT2D eigenvalue weighted by molar-refractivity contribution is 5.42. The molecular weight excluding hydrogens is 228 g/mol. The quantitative estimate of drug-likeness (QED) is 0.601. The van der Waals surface area contributed by atoms with Crippen LogP contribution in [0.1, 0.15) is 11.4 Å². The van der Waals surface area contributed by atoms with E-state index in [9.17, 15) is 0 Å². The zero-order valence-electron chi connectivity index (χ0n) is 10.7. The maximum absolute atomic E-state index is 5.44. The Morgan fingerprint density at radius 1 is 1.33 bits per heavy atom. The van der Waals surface area contributed by atoms with Crippen LogP contribution in [-0.4, -0.2) is 26.5 Å². The maximum Gasteiger partial charge on any atom is 0.144 e. The molecule has 6 heteroatoms. The molecule has 96 valence electrons. The number of anilines is 1. The molecule has 0 aliphatic carbocycles. The minimum Gasteiger partial charge on any atom is -0.337 e. The van der Waals surface area contributed by atoms with Gasteiger partial charge in [0.25, 0.3) is 0 Å². The molecule has 0 atom stereocenters. The van der Waals surface area contributed by atoms with Crippen molar-refractivity contribution in [3.63, 3.8) is 0 Å². The predicted molar refractivity (Wildman–Crippen MR) is 70.4 cm³/mol. The summed E-state index contributed by atoms with van der Waals surface area (Å²) in [7, 11) is 4.04. The standard InChI is InChI=1S/C12H18N6/c1-17(9-11-14-6-7-18(11)2)8-10-4-3-5-15-12(10)16-13/h3-7H,8-9,13H2,1-2H3,(H,15,16). The van der Waals surface area contributed by atoms with Gasteiger partial charge in [-0.2, -0.15) is 0 Å². The van der Waals surface area contributed by atoms with Crippen LogP contribution in [0, 0.1) is 0 Å². The molecule has 0 spiro atoms. The number of nitrogens with one attached hydrogen (secondary N) is 1. The van der Waals surface area contributed by atoms with Crippen LogP contribution in [0.2, 0.25) is 0 Å². The fourth-order valence-corrected chi connectivity index (χ4v) is 1.83. The summed E-state index contributed by atoms with van der Waals surface area (Å²) in [5.74, 6) is 7.18. The third-order valence-electron chi connectivity index (χ3n) is 2.80. The van der Waals surface area contributed by atoms with E-state index in [4.69, 9.17) is 5.84 Å². The van der Waals surface area contributed by atoms with Crippen molar-refractivity contribution in [2.75, 3.05) is 12.5 Å². The largest absolute Gasteiger partial charge is 0.337 e. The van der Waals surface area contributed by atoms with Crippen molar-refractivity contribution in [2.45, 2.75) is 13.1 Å². The average molecular weight is 246 g/mol. The lowest BCUT2D eigenvalue weighted by molar-refractivity contribution is 0.307. The van der Waals surface area contributed by atoms with Gasteiger partial charge in [-0.25, -0.2) is 15.8 Å². The topological polar surface area (TPSA) is 72.0 Å². The van der Waals surface area contributed by atoms with Crippen molar-refractivity contribution in [1.82, 2.24) is 19.4 Å². The average Bonchev–Trinajstić information content (AvgIpc) is 2.75. The fraction of sp³-hybridized carbons (Fsp3) is 0.333. The molecule has 0 unspecified atom stereocenters. The minimum absolute atomic E-state index is 0.712. The SMILES string of the molecule is CN(Cc1cccnc1NN)Cc1nccn1C. The Balaban J connectivity index is 2.03. The lowest BCUT2D eigenvalue weighted by Gasteiger charge is -2.17. The summed E-state index contributed by atoms with van der Waals surface area (Å²) in [5.41, 5.74) is 3.68. The number of hydrazine groups is 1. The fourth-order valence-electron chi connectivity index (χ4n) is 1.83. The number of imidazole rings is 1. The molecule has 2 rings (SSSR count). The van der Waals surface area contributed by atoms with E-state index in [0.717, 1.165) is 24.5 Å². The normalized spacial score (nSPS) is 10.9. The molecule has 0 bridgehead atoms. The molecule has 2 aromatic rings. The smallest absolute Gasteiger partial charge is 0.144 e. The Morgan fingerprint density at radius 3 is 2.83 bits per heavy atom. The van der Waals surface area contributed by atoms with Crippen LogP contribution in [0.15, 0.2) is 30.7 Å². The van der Waals surface area contributed by atoms with Gasteiger partial charge in [-0.15, -0.1) is 0 Å². The highest BCUT2D eigenvalue weighted by atomic mass is 15.3. The highest BCUT2D eigenvalue weighted by Crippen LogP contribution is 2.13. The summed E-state index contributed by atoms with van der Waals surface area (Å²) in [6.45, 7) is 1.54. The third kappa shape index (κ3) is 2.85. The zero-order chi connectivity index (χ0) is 13.0. The van der Waals surface area contributed by atoms with Gasteiger partial charge in [-0.1, -0.05) is 6.07 Å². The van der Waals surface area contributed by atoms with Crippen LogP contribution in [0.4, 0.5) is 5.82 Å². The Labute approximate surface area is 106 Å². The number of hydrogen-bond acceptors (Lipinski definition) is 5. The first-order chi connectivity index (χ1) is 8.70. The number of aryl methyl sites for hydroxylation is 1. The van der Waals surface area contributed by atoms with Gasteiger partial charge in [0.2, 0.25) is 0 Å². The van der Waals surface area contributed by atoms with Gasteiger partial charge in [-0.05, 0) is 13.1 Å². The first kappa shape index (κ1) is 12.5. The Bertz CT molecular complexity index is 507. The monoisotopic (exact) mass is 246 g/mol. The van der Waals surface area contributed by atoms with Crippen LogP contribution in [0.3, 0.4) is 0 Å². The second kappa shape index (κ2) is 5.61. The van der Waals surface area contributed by atoms with Gasteiger partial charge in [0.05, 0.1) is 6.54 Å². The lowest BCUT2D eigenvalue weighted by Crippen LogP contribution is -2.21. The van der Waals surface area contributed by atoms with E-state index in [2.05, 4.69) is 20.3 Å². The Kier molecular flexibility index (Phi) is 3.91. The van der Waals surface area contributed by atoms with E-state index in [-0.39, 0.29) is 0 Å². The van der Waals surface area contributed by atoms with Crippen molar-refractivity contribution in [1.29, 1.82) is 0 Å². The van der Waals surface area contributed by atoms with Crippen molar-refractivity contribution in [3.05, 3.63) is 42.1 Å². The Hall–Kier alpha value is -1.92. The molecule has 0 aromatic carbocycles. The molecule has 0 amide bonds. The molecule has 0 radical (unpaired) electrons. The van der Waals surface area contributed by atoms with Gasteiger partial charge >= 0.3 is 0 Å². The van der Waals surface area contributed by atoms with Crippen molar-refractivity contribution < 1.29 is 0 Å². The molecule has 0 fully saturated rings. The third-order valence-corrected chi connectivity index (χ3v) is 2.80. The summed E-state index contributed by atoms with van der Waals surface area (Å²) in [5, 5.41) is 0. The van der Waals surface area contributed by atoms with Crippen LogP contribution >= 0.6 is 0 Å². The molecule has 0 saturated carbocycles. The van der Waals surface area contributed by atoms with Crippen LogP contribution < -0.4 is 11.3 Å². The molecule has 3 N–H and O–H groups in total. The lowest BCUT2D eigenvalue weighted by atomic mass is 10.2. The number of nitrogens with zero attached hydrogens (tertiary/aromatic N) is 4. The number of rotatable bonds is 5. The summed E-state index contributed by atoms with van der Waals surface area (Å²) < 4.78 is 2.02. The summed E-state index contributed by atoms with van der Waals surface area (Å²) in [4.78, 5) is 10.7. The molecule has 0 aliphatic rings. The predicted octanol–water partition coefficient (Wildman–Crippen LogP) is 0.733. The van der Waals surface area contributed by atoms with Gasteiger partial charge < -0.3 is 9.99 Å². The van der Waals surface area contributed by atoms with Crippen LogP contribution in [0.25, 0.3) is 0 Å². The number of aromatic nitrogens is 3. The van der Waals surface area contributed by atoms with Gasteiger partial charge in [0.15, 0.2) is 0 Å². The summed E-state index contributed by atoms with van der Waals surface area (Å²) in [6, 6.07) is 3.92. The van der Waals surface area contributed by atoms with E-state index in [0.29, 0.717) is 5.82 Å².